The van der Waals surface area contributed by atoms with Crippen LogP contribution in [-0.4, -0.2) is 4.57 Å². The van der Waals surface area contributed by atoms with E-state index in [0.29, 0.717) is 0 Å². The molecule has 0 saturated heterocycles. The van der Waals surface area contributed by atoms with Crippen LogP contribution >= 0.6 is 0 Å². The van der Waals surface area contributed by atoms with E-state index in [2.05, 4.69) is 240 Å². The van der Waals surface area contributed by atoms with Crippen molar-refractivity contribution >= 4 is 60.4 Å². The molecule has 0 aliphatic heterocycles. The smallest absolute Gasteiger partial charge is 0.0541 e. The summed E-state index contributed by atoms with van der Waals surface area (Å²) in [4.78, 5) is 2.45. The molecular weight excluding hydrogens is 701 g/mol. The fourth-order valence-corrected chi connectivity index (χ4v) is 8.96. The highest BCUT2D eigenvalue weighted by Gasteiger charge is 2.22. The van der Waals surface area contributed by atoms with Gasteiger partial charge in [0.15, 0.2) is 0 Å². The van der Waals surface area contributed by atoms with Crippen molar-refractivity contribution in [3.8, 4) is 39.1 Å². The standard InChI is InChI=1S/C56H38N2/c1-3-22-45-39(16-1)18-14-28-46(45)41-34-36-43(37-35-41)57(54-31-10-6-25-50(54)49-29-15-19-40-17-2-4-23-47(40)49)53-30-9-5-24-48(53)42-20-13-21-44(38-42)58-55-32-11-7-26-51(55)52-27-8-12-33-56(52)58/h1-38H. The number of hydrogen-bond donors (Lipinski definition) is 0. The van der Waals surface area contributed by atoms with Crippen molar-refractivity contribution in [2.24, 2.45) is 0 Å². The topological polar surface area (TPSA) is 8.17 Å². The zero-order chi connectivity index (χ0) is 38.4. The largest absolute Gasteiger partial charge is 0.309 e. The maximum Gasteiger partial charge on any atom is 0.0541 e. The van der Waals surface area contributed by atoms with Gasteiger partial charge in [-0.3, -0.25) is 0 Å². The Hall–Kier alpha value is -7.68. The zero-order valence-corrected chi connectivity index (χ0v) is 31.8. The molecule has 0 fully saturated rings. The Bertz CT molecular complexity index is 3230. The van der Waals surface area contributed by atoms with E-state index in [0.717, 1.165) is 33.9 Å². The first kappa shape index (κ1) is 33.6. The zero-order valence-electron chi connectivity index (χ0n) is 31.8. The summed E-state index contributed by atoms with van der Waals surface area (Å²) in [6, 6.07) is 83.8. The molecule has 2 nitrogen and oxygen atoms in total. The quantitative estimate of drug-likeness (QED) is 0.158. The third-order valence-corrected chi connectivity index (χ3v) is 11.6. The number of para-hydroxylation sites is 4. The van der Waals surface area contributed by atoms with E-state index in [4.69, 9.17) is 0 Å². The van der Waals surface area contributed by atoms with Gasteiger partial charge < -0.3 is 9.47 Å². The van der Waals surface area contributed by atoms with E-state index in [-0.39, 0.29) is 0 Å². The minimum Gasteiger partial charge on any atom is -0.309 e. The van der Waals surface area contributed by atoms with Crippen molar-refractivity contribution in [2.45, 2.75) is 0 Å². The van der Waals surface area contributed by atoms with Crippen LogP contribution in [0.25, 0.3) is 82.4 Å². The minimum atomic E-state index is 1.09. The van der Waals surface area contributed by atoms with E-state index >= 15 is 0 Å². The molecule has 0 bridgehead atoms. The van der Waals surface area contributed by atoms with Gasteiger partial charge in [-0.2, -0.15) is 0 Å². The molecule has 0 unspecified atom stereocenters. The first-order valence-electron chi connectivity index (χ1n) is 19.9. The van der Waals surface area contributed by atoms with Crippen LogP contribution in [0.2, 0.25) is 0 Å². The predicted octanol–water partition coefficient (Wildman–Crippen LogP) is 15.6. The molecule has 0 aliphatic carbocycles. The number of aromatic nitrogens is 1. The Morgan fingerprint density at radius 2 is 0.759 bits per heavy atom. The molecule has 11 rings (SSSR count). The first-order valence-corrected chi connectivity index (χ1v) is 19.9. The van der Waals surface area contributed by atoms with Crippen molar-refractivity contribution in [2.75, 3.05) is 4.90 Å². The SMILES string of the molecule is c1cc(-c2ccccc2N(c2ccc(-c3cccc4ccccc34)cc2)c2ccccc2-c2cccc3ccccc23)cc(-n2c3ccccc3c3ccccc32)c1. The molecule has 11 aromatic rings. The third-order valence-electron chi connectivity index (χ3n) is 11.6. The van der Waals surface area contributed by atoms with Crippen LogP contribution in [-0.2, 0) is 0 Å². The third kappa shape index (κ3) is 5.66. The van der Waals surface area contributed by atoms with Gasteiger partial charge in [0.25, 0.3) is 0 Å². The van der Waals surface area contributed by atoms with Crippen molar-refractivity contribution in [3.63, 3.8) is 0 Å². The molecule has 58 heavy (non-hydrogen) atoms. The van der Waals surface area contributed by atoms with Crippen molar-refractivity contribution < 1.29 is 0 Å². The molecule has 0 aliphatic rings. The van der Waals surface area contributed by atoms with E-state index in [9.17, 15) is 0 Å². The Morgan fingerprint density at radius 1 is 0.293 bits per heavy atom. The van der Waals surface area contributed by atoms with Crippen LogP contribution in [0.4, 0.5) is 17.1 Å². The second-order valence-corrected chi connectivity index (χ2v) is 14.9. The van der Waals surface area contributed by atoms with Gasteiger partial charge in [-0.05, 0) is 92.3 Å². The lowest BCUT2D eigenvalue weighted by Gasteiger charge is -2.30. The van der Waals surface area contributed by atoms with Gasteiger partial charge in [0, 0.05) is 33.3 Å². The predicted molar refractivity (Wildman–Crippen MR) is 247 cm³/mol. The number of nitrogens with zero attached hydrogens (tertiary/aromatic N) is 2. The Labute approximate surface area is 338 Å². The summed E-state index contributed by atoms with van der Waals surface area (Å²) in [7, 11) is 0. The fraction of sp³-hybridized carbons (Fsp3) is 0. The molecule has 0 atom stereocenters. The van der Waals surface area contributed by atoms with Crippen LogP contribution in [0, 0.1) is 0 Å². The molecule has 1 aromatic heterocycles. The average Bonchev–Trinajstić information content (AvgIpc) is 3.64. The van der Waals surface area contributed by atoms with Gasteiger partial charge in [-0.15, -0.1) is 0 Å². The highest BCUT2D eigenvalue weighted by molar-refractivity contribution is 6.09. The molecule has 0 amide bonds. The van der Waals surface area contributed by atoms with Crippen molar-refractivity contribution in [3.05, 3.63) is 231 Å². The van der Waals surface area contributed by atoms with Crippen LogP contribution < -0.4 is 4.90 Å². The molecule has 0 N–H and O–H groups in total. The Balaban J connectivity index is 1.12. The summed E-state index contributed by atoms with van der Waals surface area (Å²) in [5, 5.41) is 7.47. The summed E-state index contributed by atoms with van der Waals surface area (Å²) >= 11 is 0. The average molecular weight is 739 g/mol. The molecule has 272 valence electrons. The fourth-order valence-electron chi connectivity index (χ4n) is 8.96. The highest BCUT2D eigenvalue weighted by atomic mass is 15.1. The first-order chi connectivity index (χ1) is 28.8. The van der Waals surface area contributed by atoms with Gasteiger partial charge in [0.05, 0.1) is 22.4 Å². The van der Waals surface area contributed by atoms with Crippen LogP contribution in [0.3, 0.4) is 0 Å². The normalized spacial score (nSPS) is 11.4. The Morgan fingerprint density at radius 3 is 1.43 bits per heavy atom. The van der Waals surface area contributed by atoms with Gasteiger partial charge in [-0.25, -0.2) is 0 Å². The number of fused-ring (bicyclic) bond motifs is 5. The highest BCUT2D eigenvalue weighted by Crippen LogP contribution is 2.46. The molecule has 0 radical (unpaired) electrons. The van der Waals surface area contributed by atoms with Crippen LogP contribution in [0.5, 0.6) is 0 Å². The van der Waals surface area contributed by atoms with Gasteiger partial charge in [0.1, 0.15) is 0 Å². The monoisotopic (exact) mass is 738 g/mol. The summed E-state index contributed by atoms with van der Waals surface area (Å²) in [5.74, 6) is 0. The van der Waals surface area contributed by atoms with Crippen LogP contribution in [0.1, 0.15) is 0 Å². The van der Waals surface area contributed by atoms with E-state index in [1.54, 1.807) is 0 Å². The van der Waals surface area contributed by atoms with Gasteiger partial charge >= 0.3 is 0 Å². The lowest BCUT2D eigenvalue weighted by Crippen LogP contribution is -2.12. The van der Waals surface area contributed by atoms with Crippen molar-refractivity contribution in [1.29, 1.82) is 0 Å². The number of rotatable bonds is 7. The number of anilines is 3. The summed E-state index contributed by atoms with van der Waals surface area (Å²) < 4.78 is 2.40. The number of benzene rings is 10. The van der Waals surface area contributed by atoms with Gasteiger partial charge in [0.2, 0.25) is 0 Å². The maximum absolute atomic E-state index is 2.45. The molecule has 10 aromatic carbocycles. The molecular formula is C56H38N2. The van der Waals surface area contributed by atoms with Crippen molar-refractivity contribution in [1.82, 2.24) is 4.57 Å². The molecule has 2 heteroatoms. The molecule has 1 heterocycles. The Kier molecular flexibility index (Phi) is 8.19. The second kappa shape index (κ2) is 14.1. The summed E-state index contributed by atoms with van der Waals surface area (Å²) in [6.45, 7) is 0. The number of hydrogen-bond acceptors (Lipinski definition) is 1. The lowest BCUT2D eigenvalue weighted by atomic mass is 9.95. The van der Waals surface area contributed by atoms with Crippen LogP contribution in [0.15, 0.2) is 231 Å². The second-order valence-electron chi connectivity index (χ2n) is 14.9. The summed E-state index contributed by atoms with van der Waals surface area (Å²) in [6.07, 6.45) is 0. The van der Waals surface area contributed by atoms with Gasteiger partial charge in [-0.1, -0.05) is 182 Å². The van der Waals surface area contributed by atoms with E-state index in [1.807, 2.05) is 0 Å². The maximum atomic E-state index is 2.45. The summed E-state index contributed by atoms with van der Waals surface area (Å²) in [5.41, 5.74) is 13.9. The van der Waals surface area contributed by atoms with E-state index < -0.39 is 0 Å². The molecule has 0 saturated carbocycles. The minimum absolute atomic E-state index is 1.09. The van der Waals surface area contributed by atoms with E-state index in [1.165, 1.54) is 65.6 Å². The lowest BCUT2D eigenvalue weighted by molar-refractivity contribution is 1.18. The molecule has 0 spiro atoms.